The number of ether oxygens (including phenoxy) is 2. The maximum absolute atomic E-state index is 12.9. The minimum absolute atomic E-state index is 0.161. The molecule has 34 heavy (non-hydrogen) atoms. The number of aromatic nitrogens is 1. The van der Waals surface area contributed by atoms with Crippen LogP contribution in [-0.4, -0.2) is 35.7 Å². The Morgan fingerprint density at radius 2 is 1.88 bits per heavy atom. The molecule has 0 bridgehead atoms. The summed E-state index contributed by atoms with van der Waals surface area (Å²) in [6.45, 7) is 2.40. The minimum atomic E-state index is -4.65. The fraction of sp³-hybridized carbons (Fsp3) is 0.208. The number of amides is 2. The van der Waals surface area contributed by atoms with Gasteiger partial charge in [-0.05, 0) is 60.0 Å². The lowest BCUT2D eigenvalue weighted by molar-refractivity contribution is -0.176. The largest absolute Gasteiger partial charge is 0.462 e. The number of carbonyl (C=O) groups excluding carboxylic acids is 2. The third kappa shape index (κ3) is 3.96. The van der Waals surface area contributed by atoms with Gasteiger partial charge in [0.25, 0.3) is 11.8 Å². The molecule has 0 unspecified atom stereocenters. The summed E-state index contributed by atoms with van der Waals surface area (Å²) in [7, 11) is 0. The molecule has 2 N–H and O–H groups in total. The molecule has 1 saturated heterocycles. The second-order valence-corrected chi connectivity index (χ2v) is 8.17. The monoisotopic (exact) mass is 469 g/mol. The highest BCUT2D eigenvalue weighted by Crippen LogP contribution is 2.36. The number of carbonyl (C=O) groups is 2. The Morgan fingerprint density at radius 3 is 2.59 bits per heavy atom. The molecule has 1 fully saturated rings. The van der Waals surface area contributed by atoms with Crippen molar-refractivity contribution in [3.8, 4) is 16.9 Å². The van der Waals surface area contributed by atoms with E-state index in [0.29, 0.717) is 23.1 Å². The molecule has 1 aromatic heterocycles. The molecule has 2 aromatic carbocycles. The standard InChI is InChI=1S/C24H18F3N3O4/c1-13-2-4-16(29-21(31)15-6-7-28-20(9-15)24(25,26)27)10-18(13)14-3-5-17-19(8-14)34-23(11-33-12-23)30-22(17)32/h2-10H,11-12H2,1H3,(H,29,31)(H,30,32). The first-order chi connectivity index (χ1) is 16.1. The molecular formula is C24H18F3N3O4. The Balaban J connectivity index is 1.42. The number of pyridine rings is 1. The summed E-state index contributed by atoms with van der Waals surface area (Å²) < 4.78 is 50.0. The number of benzene rings is 2. The summed E-state index contributed by atoms with van der Waals surface area (Å²) in [6, 6.07) is 12.3. The van der Waals surface area contributed by atoms with Gasteiger partial charge in [-0.1, -0.05) is 12.1 Å². The van der Waals surface area contributed by atoms with Gasteiger partial charge in [0.1, 0.15) is 24.7 Å². The number of aryl methyl sites for hydroxylation is 1. The van der Waals surface area contributed by atoms with Crippen LogP contribution in [0.15, 0.2) is 54.7 Å². The van der Waals surface area contributed by atoms with Crippen LogP contribution in [0, 0.1) is 6.92 Å². The fourth-order valence-electron chi connectivity index (χ4n) is 3.83. The number of hydrogen-bond acceptors (Lipinski definition) is 5. The van der Waals surface area contributed by atoms with Crippen LogP contribution < -0.4 is 15.4 Å². The summed E-state index contributed by atoms with van der Waals surface area (Å²) in [5.41, 5.74) is 1.05. The molecular weight excluding hydrogens is 451 g/mol. The van der Waals surface area contributed by atoms with E-state index < -0.39 is 23.5 Å². The quantitative estimate of drug-likeness (QED) is 0.601. The number of alkyl halides is 3. The molecule has 2 aliphatic rings. The van der Waals surface area contributed by atoms with Crippen molar-refractivity contribution in [2.24, 2.45) is 0 Å². The van der Waals surface area contributed by atoms with Crippen molar-refractivity contribution in [3.63, 3.8) is 0 Å². The number of anilines is 1. The van der Waals surface area contributed by atoms with Gasteiger partial charge in [-0.25, -0.2) is 0 Å². The zero-order valence-electron chi connectivity index (χ0n) is 17.8. The van der Waals surface area contributed by atoms with Gasteiger partial charge >= 0.3 is 6.18 Å². The second kappa shape index (κ2) is 7.84. The van der Waals surface area contributed by atoms with Gasteiger partial charge in [-0.3, -0.25) is 14.6 Å². The maximum atomic E-state index is 12.9. The van der Waals surface area contributed by atoms with Crippen LogP contribution in [0.5, 0.6) is 5.75 Å². The highest BCUT2D eigenvalue weighted by atomic mass is 19.4. The van der Waals surface area contributed by atoms with Gasteiger partial charge in [-0.15, -0.1) is 0 Å². The molecule has 2 amide bonds. The number of rotatable bonds is 3. The van der Waals surface area contributed by atoms with Gasteiger partial charge < -0.3 is 20.1 Å². The van der Waals surface area contributed by atoms with E-state index in [-0.39, 0.29) is 24.7 Å². The third-order valence-corrected chi connectivity index (χ3v) is 5.66. The summed E-state index contributed by atoms with van der Waals surface area (Å²) in [5.74, 6) is -0.514. The van der Waals surface area contributed by atoms with Gasteiger partial charge in [-0.2, -0.15) is 13.2 Å². The Morgan fingerprint density at radius 1 is 1.09 bits per heavy atom. The van der Waals surface area contributed by atoms with E-state index in [9.17, 15) is 22.8 Å². The molecule has 0 saturated carbocycles. The maximum Gasteiger partial charge on any atom is 0.433 e. The molecule has 0 atom stereocenters. The van der Waals surface area contributed by atoms with Crippen LogP contribution in [0.2, 0.25) is 0 Å². The molecule has 0 radical (unpaired) electrons. The Kier molecular flexibility index (Phi) is 5.05. The number of nitrogens with one attached hydrogen (secondary N) is 2. The first-order valence-corrected chi connectivity index (χ1v) is 10.3. The van der Waals surface area contributed by atoms with Crippen LogP contribution >= 0.6 is 0 Å². The van der Waals surface area contributed by atoms with E-state index in [1.54, 1.807) is 36.4 Å². The molecule has 3 heterocycles. The van der Waals surface area contributed by atoms with E-state index in [0.717, 1.165) is 22.9 Å². The van der Waals surface area contributed by atoms with E-state index in [2.05, 4.69) is 15.6 Å². The van der Waals surface area contributed by atoms with E-state index in [1.807, 2.05) is 6.92 Å². The van der Waals surface area contributed by atoms with Crippen molar-refractivity contribution < 1.29 is 32.2 Å². The first kappa shape index (κ1) is 21.9. The predicted molar refractivity (Wildman–Crippen MR) is 115 cm³/mol. The minimum Gasteiger partial charge on any atom is -0.462 e. The SMILES string of the molecule is Cc1ccc(NC(=O)c2ccnc(C(F)(F)F)c2)cc1-c1ccc2c(c1)OC1(COC1)NC2=O. The molecule has 2 aliphatic heterocycles. The van der Waals surface area contributed by atoms with Gasteiger partial charge in [0.05, 0.1) is 5.56 Å². The van der Waals surface area contributed by atoms with Crippen molar-refractivity contribution in [1.82, 2.24) is 10.3 Å². The highest BCUT2D eigenvalue weighted by Gasteiger charge is 2.46. The number of hydrogen-bond donors (Lipinski definition) is 2. The highest BCUT2D eigenvalue weighted by molar-refractivity contribution is 6.04. The van der Waals surface area contributed by atoms with Crippen molar-refractivity contribution >= 4 is 17.5 Å². The van der Waals surface area contributed by atoms with Crippen LogP contribution in [0.1, 0.15) is 32.0 Å². The van der Waals surface area contributed by atoms with E-state index in [1.165, 1.54) is 6.07 Å². The van der Waals surface area contributed by atoms with E-state index in [4.69, 9.17) is 9.47 Å². The van der Waals surface area contributed by atoms with Crippen LogP contribution in [0.25, 0.3) is 11.1 Å². The van der Waals surface area contributed by atoms with Crippen molar-refractivity contribution in [2.75, 3.05) is 18.5 Å². The van der Waals surface area contributed by atoms with Crippen LogP contribution in [0.3, 0.4) is 0 Å². The summed E-state index contributed by atoms with van der Waals surface area (Å²) in [4.78, 5) is 28.3. The second-order valence-electron chi connectivity index (χ2n) is 8.17. The molecule has 1 spiro atoms. The molecule has 7 nitrogen and oxygen atoms in total. The van der Waals surface area contributed by atoms with Gasteiger partial charge in [0.2, 0.25) is 5.72 Å². The summed E-state index contributed by atoms with van der Waals surface area (Å²) in [5, 5.41) is 5.44. The number of fused-ring (bicyclic) bond motifs is 1. The normalized spacial score (nSPS) is 16.2. The van der Waals surface area contributed by atoms with Crippen molar-refractivity contribution in [3.05, 3.63) is 77.1 Å². The summed E-state index contributed by atoms with van der Waals surface area (Å²) >= 11 is 0. The average molecular weight is 469 g/mol. The fourth-order valence-corrected chi connectivity index (χ4v) is 3.83. The number of halogens is 3. The average Bonchev–Trinajstić information content (AvgIpc) is 2.78. The molecule has 174 valence electrons. The van der Waals surface area contributed by atoms with Crippen LogP contribution in [0.4, 0.5) is 18.9 Å². The van der Waals surface area contributed by atoms with E-state index >= 15 is 0 Å². The molecule has 3 aromatic rings. The molecule has 10 heteroatoms. The Labute approximate surface area is 191 Å². The lowest BCUT2D eigenvalue weighted by atomic mass is 9.96. The lowest BCUT2D eigenvalue weighted by Crippen LogP contribution is -2.67. The topological polar surface area (TPSA) is 89.6 Å². The first-order valence-electron chi connectivity index (χ1n) is 10.3. The third-order valence-electron chi connectivity index (χ3n) is 5.66. The summed E-state index contributed by atoms with van der Waals surface area (Å²) in [6.07, 6.45) is -3.70. The molecule has 5 rings (SSSR count). The van der Waals surface area contributed by atoms with Crippen molar-refractivity contribution in [1.29, 1.82) is 0 Å². The molecule has 0 aliphatic carbocycles. The zero-order valence-corrected chi connectivity index (χ0v) is 17.8. The van der Waals surface area contributed by atoms with Crippen molar-refractivity contribution in [2.45, 2.75) is 18.8 Å². The van der Waals surface area contributed by atoms with Gasteiger partial charge in [0, 0.05) is 17.4 Å². The lowest BCUT2D eigenvalue weighted by Gasteiger charge is -2.44. The number of nitrogens with zero attached hydrogens (tertiary/aromatic N) is 1. The smallest absolute Gasteiger partial charge is 0.433 e. The zero-order chi connectivity index (χ0) is 24.1. The Hall–Kier alpha value is -3.92. The van der Waals surface area contributed by atoms with Gasteiger partial charge in [0.15, 0.2) is 0 Å². The Bertz CT molecular complexity index is 1320. The van der Waals surface area contributed by atoms with Crippen LogP contribution in [-0.2, 0) is 10.9 Å². The predicted octanol–water partition coefficient (Wildman–Crippen LogP) is 4.18.